The van der Waals surface area contributed by atoms with Crippen molar-refractivity contribution in [2.45, 2.75) is 44.1 Å². The fourth-order valence-corrected chi connectivity index (χ4v) is 1.11. The molecule has 0 rings (SSSR count). The van der Waals surface area contributed by atoms with Gasteiger partial charge in [0.05, 0.1) is 0 Å². The average Bonchev–Trinajstić information content (AvgIpc) is 2.00. The Hall–Kier alpha value is -0.460. The predicted octanol–water partition coefficient (Wildman–Crippen LogP) is 3.26. The fourth-order valence-electron chi connectivity index (χ4n) is 1.11. The van der Waals surface area contributed by atoms with Crippen molar-refractivity contribution < 1.29 is 26.3 Å². The zero-order chi connectivity index (χ0) is 12.1. The van der Waals surface area contributed by atoms with Gasteiger partial charge in [-0.2, -0.15) is 26.3 Å². The van der Waals surface area contributed by atoms with E-state index >= 15 is 0 Å². The Morgan fingerprint density at radius 2 is 1.20 bits per heavy atom. The van der Waals surface area contributed by atoms with E-state index in [1.807, 2.05) is 0 Å². The maximum absolute atomic E-state index is 11.8. The van der Waals surface area contributed by atoms with E-state index in [2.05, 4.69) is 5.32 Å². The van der Waals surface area contributed by atoms with Gasteiger partial charge >= 0.3 is 12.4 Å². The molecule has 0 radical (unpaired) electrons. The molecule has 1 N–H and O–H groups in total. The average molecular weight is 237 g/mol. The first-order valence-corrected chi connectivity index (χ1v) is 4.45. The maximum atomic E-state index is 11.8. The molecule has 0 amide bonds. The zero-order valence-electron chi connectivity index (χ0n) is 8.17. The van der Waals surface area contributed by atoms with Crippen molar-refractivity contribution in [1.82, 2.24) is 5.32 Å². The molecule has 0 saturated heterocycles. The molecule has 0 aromatic rings. The highest BCUT2D eigenvalue weighted by Gasteiger charge is 2.31. The van der Waals surface area contributed by atoms with E-state index in [4.69, 9.17) is 0 Å². The van der Waals surface area contributed by atoms with Crippen LogP contribution in [-0.4, -0.2) is 25.4 Å². The molecule has 0 bridgehead atoms. The van der Waals surface area contributed by atoms with Crippen molar-refractivity contribution >= 4 is 0 Å². The summed E-state index contributed by atoms with van der Waals surface area (Å²) < 4.78 is 70.7. The summed E-state index contributed by atoms with van der Waals surface area (Å²) in [5.74, 6) is 0. The third-order valence-corrected chi connectivity index (χ3v) is 1.96. The number of hydrogen-bond donors (Lipinski definition) is 1. The van der Waals surface area contributed by atoms with Crippen LogP contribution < -0.4 is 5.32 Å². The quantitative estimate of drug-likeness (QED) is 0.723. The van der Waals surface area contributed by atoms with E-state index in [-0.39, 0.29) is 12.8 Å². The van der Waals surface area contributed by atoms with Crippen LogP contribution in [0.4, 0.5) is 26.3 Å². The Morgan fingerprint density at radius 1 is 0.867 bits per heavy atom. The van der Waals surface area contributed by atoms with Crippen LogP contribution in [0.3, 0.4) is 0 Å². The summed E-state index contributed by atoms with van der Waals surface area (Å²) >= 11 is 0. The van der Waals surface area contributed by atoms with Gasteiger partial charge in [0.15, 0.2) is 0 Å². The highest BCUT2D eigenvalue weighted by atomic mass is 19.4. The Morgan fingerprint density at radius 3 is 1.40 bits per heavy atom. The first-order valence-electron chi connectivity index (χ1n) is 4.45. The molecule has 0 aliphatic heterocycles. The van der Waals surface area contributed by atoms with E-state index in [1.165, 1.54) is 7.05 Å². The van der Waals surface area contributed by atoms with Gasteiger partial charge in [0.25, 0.3) is 0 Å². The van der Waals surface area contributed by atoms with Crippen LogP contribution in [0.15, 0.2) is 0 Å². The first-order chi connectivity index (χ1) is 6.64. The largest absolute Gasteiger partial charge is 0.389 e. The third kappa shape index (κ3) is 9.84. The number of halogens is 6. The highest BCUT2D eigenvalue weighted by Crippen LogP contribution is 2.26. The van der Waals surface area contributed by atoms with Crippen molar-refractivity contribution in [3.8, 4) is 0 Å². The van der Waals surface area contributed by atoms with E-state index in [1.54, 1.807) is 0 Å². The molecule has 92 valence electrons. The summed E-state index contributed by atoms with van der Waals surface area (Å²) in [5, 5.41) is 2.45. The molecule has 0 saturated carbocycles. The second kappa shape index (κ2) is 5.58. The minimum atomic E-state index is -4.31. The molecule has 15 heavy (non-hydrogen) atoms. The van der Waals surface area contributed by atoms with Crippen molar-refractivity contribution in [1.29, 1.82) is 0 Å². The van der Waals surface area contributed by atoms with E-state index in [0.717, 1.165) is 0 Å². The molecule has 0 spiro atoms. The Bertz CT molecular complexity index is 155. The molecule has 0 fully saturated rings. The number of hydrogen-bond acceptors (Lipinski definition) is 1. The van der Waals surface area contributed by atoms with Crippen molar-refractivity contribution in [3.05, 3.63) is 0 Å². The van der Waals surface area contributed by atoms with Crippen molar-refractivity contribution in [3.63, 3.8) is 0 Å². The molecule has 0 aromatic heterocycles. The minimum absolute atomic E-state index is 0.323. The summed E-state index contributed by atoms with van der Waals surface area (Å²) in [6, 6.07) is -0.742. The highest BCUT2D eigenvalue weighted by molar-refractivity contribution is 4.68. The molecule has 0 atom stereocenters. The molecular formula is C8H13F6N. The lowest BCUT2D eigenvalue weighted by Crippen LogP contribution is -2.28. The second-order valence-electron chi connectivity index (χ2n) is 3.29. The predicted molar refractivity (Wildman–Crippen MR) is 43.4 cm³/mol. The van der Waals surface area contributed by atoms with Gasteiger partial charge in [-0.3, -0.25) is 0 Å². The standard InChI is InChI=1S/C8H13F6N/c1-15-6(2-4-7(9,10)11)3-5-8(12,13)14/h6,15H,2-5H2,1H3. The summed E-state index contributed by atoms with van der Waals surface area (Å²) in [4.78, 5) is 0. The number of rotatable bonds is 5. The number of alkyl halides is 6. The molecule has 1 nitrogen and oxygen atoms in total. The van der Waals surface area contributed by atoms with Gasteiger partial charge in [0, 0.05) is 18.9 Å². The molecule has 0 aromatic carbocycles. The molecule has 0 aliphatic rings. The first kappa shape index (κ1) is 14.5. The lowest BCUT2D eigenvalue weighted by atomic mass is 10.1. The minimum Gasteiger partial charge on any atom is -0.317 e. The van der Waals surface area contributed by atoms with E-state index in [0.29, 0.717) is 0 Å². The van der Waals surface area contributed by atoms with E-state index < -0.39 is 31.2 Å². The number of nitrogens with one attached hydrogen (secondary N) is 1. The van der Waals surface area contributed by atoms with Gasteiger partial charge in [0.2, 0.25) is 0 Å². The second-order valence-corrected chi connectivity index (χ2v) is 3.29. The monoisotopic (exact) mass is 237 g/mol. The Kier molecular flexibility index (Phi) is 5.41. The summed E-state index contributed by atoms with van der Waals surface area (Å²) in [6.45, 7) is 0. The molecule has 0 aliphatic carbocycles. The SMILES string of the molecule is CNC(CCC(F)(F)F)CCC(F)(F)F. The molecule has 0 heterocycles. The van der Waals surface area contributed by atoms with Gasteiger partial charge in [-0.1, -0.05) is 0 Å². The lowest BCUT2D eigenvalue weighted by Gasteiger charge is -2.17. The van der Waals surface area contributed by atoms with Gasteiger partial charge in [-0.25, -0.2) is 0 Å². The van der Waals surface area contributed by atoms with Crippen LogP contribution in [0.25, 0.3) is 0 Å². The Labute approximate surface area is 83.8 Å². The topological polar surface area (TPSA) is 12.0 Å². The lowest BCUT2D eigenvalue weighted by molar-refractivity contribution is -0.141. The normalized spacial score (nSPS) is 13.6. The van der Waals surface area contributed by atoms with Crippen LogP contribution in [0.2, 0.25) is 0 Å². The molecule has 0 unspecified atom stereocenters. The Balaban J connectivity index is 3.84. The fraction of sp³-hybridized carbons (Fsp3) is 1.00. The molecule has 7 heteroatoms. The zero-order valence-corrected chi connectivity index (χ0v) is 8.17. The summed E-state index contributed by atoms with van der Waals surface area (Å²) in [7, 11) is 1.36. The van der Waals surface area contributed by atoms with Gasteiger partial charge in [-0.05, 0) is 19.9 Å². The van der Waals surface area contributed by atoms with Crippen LogP contribution in [-0.2, 0) is 0 Å². The summed E-state index contributed by atoms with van der Waals surface area (Å²) in [6.07, 6.45) is -11.4. The van der Waals surface area contributed by atoms with Gasteiger partial charge < -0.3 is 5.32 Å². The smallest absolute Gasteiger partial charge is 0.317 e. The van der Waals surface area contributed by atoms with Crippen LogP contribution in [0.1, 0.15) is 25.7 Å². The summed E-state index contributed by atoms with van der Waals surface area (Å²) in [5.41, 5.74) is 0. The molecular weight excluding hydrogens is 224 g/mol. The van der Waals surface area contributed by atoms with Gasteiger partial charge in [0.1, 0.15) is 0 Å². The van der Waals surface area contributed by atoms with Crippen LogP contribution in [0.5, 0.6) is 0 Å². The van der Waals surface area contributed by atoms with Crippen LogP contribution in [0, 0.1) is 0 Å². The van der Waals surface area contributed by atoms with Crippen molar-refractivity contribution in [2.24, 2.45) is 0 Å². The van der Waals surface area contributed by atoms with Crippen LogP contribution >= 0.6 is 0 Å². The third-order valence-electron chi connectivity index (χ3n) is 1.96. The van der Waals surface area contributed by atoms with Gasteiger partial charge in [-0.15, -0.1) is 0 Å². The van der Waals surface area contributed by atoms with Crippen molar-refractivity contribution in [2.75, 3.05) is 7.05 Å². The van der Waals surface area contributed by atoms with E-state index in [9.17, 15) is 26.3 Å². The maximum Gasteiger partial charge on any atom is 0.389 e.